The number of hydrogen-bond acceptors (Lipinski definition) is 3. The van der Waals surface area contributed by atoms with Crippen molar-refractivity contribution in [3.05, 3.63) is 105 Å². The Kier molecular flexibility index (Phi) is 5.10. The number of aromatic nitrogens is 2. The number of thiophene rings is 1. The van der Waals surface area contributed by atoms with E-state index in [0.29, 0.717) is 21.3 Å². The molecule has 2 aromatic carbocycles. The summed E-state index contributed by atoms with van der Waals surface area (Å²) in [5.41, 5.74) is 2.49. The number of imidazole rings is 1. The number of carbonyl (C=O) groups is 1. The van der Waals surface area contributed by atoms with Gasteiger partial charge < -0.3 is 4.98 Å². The molecule has 4 nitrogen and oxygen atoms in total. The van der Waals surface area contributed by atoms with Gasteiger partial charge in [-0.1, -0.05) is 60.1 Å². The first-order valence-electron chi connectivity index (χ1n) is 8.55. The van der Waals surface area contributed by atoms with Crippen LogP contribution < -0.4 is 5.69 Å². The molecule has 0 radical (unpaired) electrons. The molecule has 2 aromatic heterocycles. The number of ketones is 1. The fraction of sp³-hybridized carbons (Fsp3) is 0. The highest BCUT2D eigenvalue weighted by Gasteiger charge is 2.10. The zero-order valence-electron chi connectivity index (χ0n) is 14.6. The van der Waals surface area contributed by atoms with E-state index >= 15 is 0 Å². The van der Waals surface area contributed by atoms with E-state index in [1.165, 1.54) is 22.0 Å². The van der Waals surface area contributed by atoms with E-state index in [2.05, 4.69) is 4.98 Å². The van der Waals surface area contributed by atoms with Gasteiger partial charge in [-0.15, -0.1) is 11.3 Å². The van der Waals surface area contributed by atoms with Crippen LogP contribution >= 0.6 is 22.9 Å². The van der Waals surface area contributed by atoms with Crippen LogP contribution in [0.5, 0.6) is 0 Å². The second-order valence-electron chi connectivity index (χ2n) is 6.11. The fourth-order valence-corrected chi connectivity index (χ4v) is 3.82. The minimum atomic E-state index is -0.274. The molecule has 0 saturated carbocycles. The van der Waals surface area contributed by atoms with Gasteiger partial charge in [-0.3, -0.25) is 9.36 Å². The lowest BCUT2D eigenvalue weighted by Crippen LogP contribution is -2.14. The Balaban J connectivity index is 1.62. The van der Waals surface area contributed by atoms with Crippen molar-refractivity contribution < 1.29 is 4.79 Å². The Morgan fingerprint density at radius 2 is 1.86 bits per heavy atom. The molecule has 0 unspecified atom stereocenters. The van der Waals surface area contributed by atoms with Crippen LogP contribution in [0.1, 0.15) is 15.9 Å². The number of allylic oxidation sites excluding steroid dienone is 1. The predicted molar refractivity (Wildman–Crippen MR) is 115 cm³/mol. The third kappa shape index (κ3) is 3.91. The van der Waals surface area contributed by atoms with Crippen LogP contribution in [-0.2, 0) is 0 Å². The molecule has 138 valence electrons. The maximum atomic E-state index is 12.5. The van der Waals surface area contributed by atoms with Gasteiger partial charge in [0.15, 0.2) is 5.78 Å². The number of nitrogens with zero attached hydrogens (tertiary/aromatic N) is 1. The van der Waals surface area contributed by atoms with Crippen molar-refractivity contribution in [3.8, 4) is 16.3 Å². The Morgan fingerprint density at radius 1 is 1.04 bits per heavy atom. The van der Waals surface area contributed by atoms with Crippen molar-refractivity contribution in [1.29, 1.82) is 0 Å². The predicted octanol–water partition coefficient (Wildman–Crippen LogP) is 5.44. The average Bonchev–Trinajstić information content (AvgIpc) is 3.32. The second-order valence-corrected chi connectivity index (χ2v) is 7.82. The van der Waals surface area contributed by atoms with Crippen molar-refractivity contribution in [1.82, 2.24) is 9.55 Å². The number of aromatic amines is 1. The van der Waals surface area contributed by atoms with Crippen molar-refractivity contribution in [2.75, 3.05) is 0 Å². The normalized spacial score (nSPS) is 11.2. The lowest BCUT2D eigenvalue weighted by molar-refractivity contribution is 0.104. The molecule has 4 aromatic rings. The highest BCUT2D eigenvalue weighted by Crippen LogP contribution is 2.29. The molecule has 4 rings (SSSR count). The van der Waals surface area contributed by atoms with E-state index in [4.69, 9.17) is 11.6 Å². The smallest absolute Gasteiger partial charge is 0.305 e. The quantitative estimate of drug-likeness (QED) is 0.354. The molecule has 0 aliphatic rings. The summed E-state index contributed by atoms with van der Waals surface area (Å²) in [5, 5.41) is 0. The molecular formula is C22H15ClN2O2S. The maximum absolute atomic E-state index is 12.5. The van der Waals surface area contributed by atoms with Crippen LogP contribution in [0, 0.1) is 0 Å². The van der Waals surface area contributed by atoms with Gasteiger partial charge in [-0.2, -0.15) is 0 Å². The molecule has 0 saturated heterocycles. The molecular weight excluding hydrogens is 392 g/mol. The zero-order valence-corrected chi connectivity index (χ0v) is 16.2. The summed E-state index contributed by atoms with van der Waals surface area (Å²) in [5.74, 6) is -0.125. The van der Waals surface area contributed by atoms with Gasteiger partial charge in [-0.25, -0.2) is 4.79 Å². The van der Waals surface area contributed by atoms with Gasteiger partial charge >= 0.3 is 5.69 Å². The lowest BCUT2D eigenvalue weighted by Gasteiger charge is -2.03. The largest absolute Gasteiger partial charge is 0.330 e. The third-order valence-corrected chi connectivity index (χ3v) is 5.46. The minimum absolute atomic E-state index is 0.125. The fourth-order valence-electron chi connectivity index (χ4n) is 2.81. The van der Waals surface area contributed by atoms with E-state index in [1.807, 2.05) is 36.4 Å². The number of rotatable bonds is 5. The molecule has 0 bridgehead atoms. The lowest BCUT2D eigenvalue weighted by atomic mass is 10.1. The van der Waals surface area contributed by atoms with Gasteiger partial charge in [0, 0.05) is 11.8 Å². The Bertz CT molecular complexity index is 1220. The average molecular weight is 407 g/mol. The van der Waals surface area contributed by atoms with Crippen molar-refractivity contribution in [2.24, 2.45) is 0 Å². The van der Waals surface area contributed by atoms with Crippen molar-refractivity contribution >= 4 is 34.8 Å². The van der Waals surface area contributed by atoms with Gasteiger partial charge in [0.05, 0.1) is 20.6 Å². The SMILES string of the molecule is O=C(/C=C/c1ccccc1)c1cccc(-n2cc(-c3ccc(Cl)s3)[nH]c2=O)c1. The minimum Gasteiger partial charge on any atom is -0.305 e. The van der Waals surface area contributed by atoms with Crippen molar-refractivity contribution in [3.63, 3.8) is 0 Å². The van der Waals surface area contributed by atoms with Gasteiger partial charge in [0.25, 0.3) is 0 Å². The second kappa shape index (κ2) is 7.84. The van der Waals surface area contributed by atoms with Gasteiger partial charge in [0.1, 0.15) is 0 Å². The summed E-state index contributed by atoms with van der Waals surface area (Å²) in [4.78, 5) is 28.6. The van der Waals surface area contributed by atoms with Crippen LogP contribution in [-0.4, -0.2) is 15.3 Å². The van der Waals surface area contributed by atoms with Crippen LogP contribution in [0.3, 0.4) is 0 Å². The number of carbonyl (C=O) groups excluding carboxylic acids is 1. The molecule has 0 aliphatic carbocycles. The van der Waals surface area contributed by atoms with Crippen LogP contribution in [0.15, 0.2) is 83.8 Å². The van der Waals surface area contributed by atoms with Gasteiger partial charge in [-0.05, 0) is 35.9 Å². The molecule has 1 N–H and O–H groups in total. The Morgan fingerprint density at radius 3 is 2.61 bits per heavy atom. The standard InChI is InChI=1S/C22H15ClN2O2S/c23-21-12-11-20(28-21)18-14-25(22(27)24-18)17-8-4-7-16(13-17)19(26)10-9-15-5-2-1-3-6-15/h1-14H,(H,24,27)/b10-9+. The number of H-pyrrole nitrogens is 1. The van der Waals surface area contributed by atoms with E-state index in [0.717, 1.165) is 10.4 Å². The number of halogens is 1. The topological polar surface area (TPSA) is 54.9 Å². The number of benzene rings is 2. The highest BCUT2D eigenvalue weighted by molar-refractivity contribution is 7.19. The summed E-state index contributed by atoms with van der Waals surface area (Å²) >= 11 is 7.37. The van der Waals surface area contributed by atoms with E-state index in [9.17, 15) is 9.59 Å². The summed E-state index contributed by atoms with van der Waals surface area (Å²) < 4.78 is 2.14. The molecule has 0 amide bonds. The zero-order chi connectivity index (χ0) is 19.5. The van der Waals surface area contributed by atoms with Crippen LogP contribution in [0.4, 0.5) is 0 Å². The Labute approximate surface area is 170 Å². The van der Waals surface area contributed by atoms with Crippen LogP contribution in [0.2, 0.25) is 4.34 Å². The first kappa shape index (κ1) is 18.2. The summed E-state index contributed by atoms with van der Waals surface area (Å²) in [7, 11) is 0. The van der Waals surface area contributed by atoms with E-state index in [-0.39, 0.29) is 11.5 Å². The molecule has 6 heteroatoms. The van der Waals surface area contributed by atoms with E-state index < -0.39 is 0 Å². The summed E-state index contributed by atoms with van der Waals surface area (Å²) in [6.07, 6.45) is 5.03. The molecule has 2 heterocycles. The van der Waals surface area contributed by atoms with E-state index in [1.54, 1.807) is 42.6 Å². The molecule has 0 fully saturated rings. The third-order valence-electron chi connectivity index (χ3n) is 4.19. The molecule has 28 heavy (non-hydrogen) atoms. The number of nitrogens with one attached hydrogen (secondary N) is 1. The van der Waals surface area contributed by atoms with Crippen molar-refractivity contribution in [2.45, 2.75) is 0 Å². The molecule has 0 spiro atoms. The Hall–Kier alpha value is -3.15. The summed E-state index contributed by atoms with van der Waals surface area (Å²) in [6.45, 7) is 0. The highest BCUT2D eigenvalue weighted by atomic mass is 35.5. The first-order chi connectivity index (χ1) is 13.6. The van der Waals surface area contributed by atoms with Gasteiger partial charge in [0.2, 0.25) is 0 Å². The summed E-state index contributed by atoms with van der Waals surface area (Å²) in [6, 6.07) is 20.3. The number of hydrogen-bond donors (Lipinski definition) is 1. The first-order valence-corrected chi connectivity index (χ1v) is 9.75. The maximum Gasteiger partial charge on any atom is 0.330 e. The molecule has 0 atom stereocenters. The molecule has 0 aliphatic heterocycles. The van der Waals surface area contributed by atoms with Crippen LogP contribution in [0.25, 0.3) is 22.3 Å². The monoisotopic (exact) mass is 406 g/mol.